The van der Waals surface area contributed by atoms with E-state index in [-0.39, 0.29) is 18.2 Å². The maximum Gasteiger partial charge on any atom is 0.410 e. The van der Waals surface area contributed by atoms with E-state index in [1.807, 2.05) is 27.7 Å². The second-order valence-electron chi connectivity index (χ2n) is 5.43. The van der Waals surface area contributed by atoms with Crippen LogP contribution in [0.15, 0.2) is 0 Å². The molecule has 0 saturated carbocycles. The van der Waals surface area contributed by atoms with Crippen molar-refractivity contribution in [1.29, 1.82) is 0 Å². The number of piperidine rings is 1. The molecule has 0 aromatic rings. The predicted octanol–water partition coefficient (Wildman–Crippen LogP) is 1.78. The number of fused-ring (bicyclic) bond motifs is 1. The number of amides is 1. The third-order valence-corrected chi connectivity index (χ3v) is 2.80. The first-order chi connectivity index (χ1) is 6.87. The van der Waals surface area contributed by atoms with Gasteiger partial charge in [-0.2, -0.15) is 0 Å². The van der Waals surface area contributed by atoms with Crippen molar-refractivity contribution < 1.29 is 14.3 Å². The number of hydrogen-bond donors (Lipinski definition) is 0. The van der Waals surface area contributed by atoms with E-state index in [1.54, 1.807) is 4.90 Å². The fraction of sp³-hybridized carbons (Fsp3) is 0.909. The molecule has 0 aromatic heterocycles. The lowest BCUT2D eigenvalue weighted by Gasteiger charge is -2.33. The lowest BCUT2D eigenvalue weighted by Crippen LogP contribution is -2.47. The summed E-state index contributed by atoms with van der Waals surface area (Å²) in [5.74, 6) is 0. The van der Waals surface area contributed by atoms with Crippen LogP contribution >= 0.6 is 0 Å². The molecule has 0 N–H and O–H groups in total. The van der Waals surface area contributed by atoms with Crippen LogP contribution in [0.3, 0.4) is 0 Å². The van der Waals surface area contributed by atoms with Crippen molar-refractivity contribution in [3.8, 4) is 0 Å². The van der Waals surface area contributed by atoms with Gasteiger partial charge >= 0.3 is 6.09 Å². The molecule has 0 radical (unpaired) electrons. The van der Waals surface area contributed by atoms with E-state index in [2.05, 4.69) is 0 Å². The molecule has 2 fully saturated rings. The summed E-state index contributed by atoms with van der Waals surface area (Å²) in [6.07, 6.45) is 1.36. The Kier molecular flexibility index (Phi) is 2.41. The number of hydrogen-bond acceptors (Lipinski definition) is 3. The first-order valence-corrected chi connectivity index (χ1v) is 5.52. The first kappa shape index (κ1) is 10.7. The molecule has 1 amide bonds. The minimum atomic E-state index is -0.419. The Labute approximate surface area is 90.5 Å². The number of nitrogens with zero attached hydrogens (tertiary/aromatic N) is 1. The second kappa shape index (κ2) is 3.37. The normalized spacial score (nSPS) is 34.7. The molecule has 3 atom stereocenters. The van der Waals surface area contributed by atoms with Gasteiger partial charge in [-0.15, -0.1) is 0 Å². The molecule has 2 aliphatic heterocycles. The van der Waals surface area contributed by atoms with E-state index in [0.29, 0.717) is 12.6 Å². The first-order valence-electron chi connectivity index (χ1n) is 5.52. The molecule has 0 aliphatic carbocycles. The Morgan fingerprint density at radius 2 is 2.07 bits per heavy atom. The van der Waals surface area contributed by atoms with Crippen molar-refractivity contribution >= 4 is 6.09 Å². The van der Waals surface area contributed by atoms with Crippen molar-refractivity contribution in [2.75, 3.05) is 6.54 Å². The van der Waals surface area contributed by atoms with Crippen LogP contribution < -0.4 is 0 Å². The molecule has 15 heavy (non-hydrogen) atoms. The Morgan fingerprint density at radius 1 is 1.40 bits per heavy atom. The lowest BCUT2D eigenvalue weighted by atomic mass is 10.0. The smallest absolute Gasteiger partial charge is 0.410 e. The van der Waals surface area contributed by atoms with Gasteiger partial charge in [-0.05, 0) is 34.1 Å². The molecule has 2 heterocycles. The SMILES string of the molecule is CC1CC2OC2CN1C(=O)OC(C)(C)C. The minimum absolute atomic E-state index is 0.219. The van der Waals surface area contributed by atoms with Crippen LogP contribution in [-0.4, -0.2) is 41.4 Å². The van der Waals surface area contributed by atoms with Gasteiger partial charge in [0, 0.05) is 6.04 Å². The zero-order chi connectivity index (χ0) is 11.2. The van der Waals surface area contributed by atoms with Crippen LogP contribution in [-0.2, 0) is 9.47 Å². The summed E-state index contributed by atoms with van der Waals surface area (Å²) < 4.78 is 10.8. The van der Waals surface area contributed by atoms with Gasteiger partial charge < -0.3 is 14.4 Å². The minimum Gasteiger partial charge on any atom is -0.444 e. The summed E-state index contributed by atoms with van der Waals surface area (Å²) in [6.45, 7) is 8.38. The molecule has 2 saturated heterocycles. The molecule has 0 aromatic carbocycles. The Hall–Kier alpha value is -0.770. The number of carbonyl (C=O) groups excluding carboxylic acids is 1. The number of rotatable bonds is 0. The van der Waals surface area contributed by atoms with Crippen molar-refractivity contribution in [3.63, 3.8) is 0 Å². The van der Waals surface area contributed by atoms with Gasteiger partial charge in [0.2, 0.25) is 0 Å². The van der Waals surface area contributed by atoms with Crippen molar-refractivity contribution in [2.45, 2.75) is 58.0 Å². The average Bonchev–Trinajstić information content (AvgIpc) is 2.76. The molecule has 3 unspecified atom stereocenters. The summed E-state index contributed by atoms with van der Waals surface area (Å²) in [5.41, 5.74) is -0.419. The number of likely N-dealkylation sites (tertiary alicyclic amines) is 1. The quantitative estimate of drug-likeness (QED) is 0.576. The Morgan fingerprint density at radius 3 is 2.67 bits per heavy atom. The van der Waals surface area contributed by atoms with Gasteiger partial charge in [0.15, 0.2) is 0 Å². The topological polar surface area (TPSA) is 42.1 Å². The van der Waals surface area contributed by atoms with Crippen molar-refractivity contribution in [1.82, 2.24) is 4.90 Å². The summed E-state index contributed by atoms with van der Waals surface area (Å²) in [5, 5.41) is 0. The Balaban J connectivity index is 1.94. The number of ether oxygens (including phenoxy) is 2. The van der Waals surface area contributed by atoms with Gasteiger partial charge in [-0.25, -0.2) is 4.79 Å². The van der Waals surface area contributed by atoms with Crippen LogP contribution in [0.5, 0.6) is 0 Å². The van der Waals surface area contributed by atoms with E-state index in [4.69, 9.17) is 9.47 Å². The van der Waals surface area contributed by atoms with Crippen LogP contribution in [0.2, 0.25) is 0 Å². The van der Waals surface area contributed by atoms with Crippen molar-refractivity contribution in [2.24, 2.45) is 0 Å². The van der Waals surface area contributed by atoms with Gasteiger partial charge in [0.1, 0.15) is 11.7 Å². The van der Waals surface area contributed by atoms with Gasteiger partial charge in [-0.3, -0.25) is 0 Å². The highest BCUT2D eigenvalue weighted by molar-refractivity contribution is 5.68. The van der Waals surface area contributed by atoms with Gasteiger partial charge in [-0.1, -0.05) is 0 Å². The maximum absolute atomic E-state index is 11.8. The summed E-state index contributed by atoms with van der Waals surface area (Å²) in [4.78, 5) is 13.6. The zero-order valence-corrected chi connectivity index (χ0v) is 9.82. The number of epoxide rings is 1. The molecule has 4 heteroatoms. The summed E-state index contributed by atoms with van der Waals surface area (Å²) >= 11 is 0. The monoisotopic (exact) mass is 213 g/mol. The van der Waals surface area contributed by atoms with Gasteiger partial charge in [0.25, 0.3) is 0 Å². The largest absolute Gasteiger partial charge is 0.444 e. The molecular weight excluding hydrogens is 194 g/mol. The van der Waals surface area contributed by atoms with E-state index in [0.717, 1.165) is 6.42 Å². The molecule has 0 bridgehead atoms. The molecular formula is C11H19NO3. The van der Waals surface area contributed by atoms with Crippen LogP contribution in [0.4, 0.5) is 4.79 Å². The number of carbonyl (C=O) groups is 1. The van der Waals surface area contributed by atoms with E-state index in [1.165, 1.54) is 0 Å². The average molecular weight is 213 g/mol. The second-order valence-corrected chi connectivity index (χ2v) is 5.43. The fourth-order valence-corrected chi connectivity index (χ4v) is 1.96. The van der Waals surface area contributed by atoms with E-state index >= 15 is 0 Å². The van der Waals surface area contributed by atoms with E-state index in [9.17, 15) is 4.79 Å². The Bertz CT molecular complexity index is 271. The summed E-state index contributed by atoms with van der Waals surface area (Å²) in [6, 6.07) is 0.226. The fourth-order valence-electron chi connectivity index (χ4n) is 1.96. The molecule has 2 aliphatic rings. The van der Waals surface area contributed by atoms with Crippen LogP contribution in [0.1, 0.15) is 34.1 Å². The van der Waals surface area contributed by atoms with Gasteiger partial charge in [0.05, 0.1) is 12.6 Å². The molecule has 4 nitrogen and oxygen atoms in total. The van der Waals surface area contributed by atoms with Crippen LogP contribution in [0.25, 0.3) is 0 Å². The third-order valence-electron chi connectivity index (χ3n) is 2.80. The molecule has 86 valence electrons. The lowest BCUT2D eigenvalue weighted by molar-refractivity contribution is 0.0142. The highest BCUT2D eigenvalue weighted by atomic mass is 16.6. The van der Waals surface area contributed by atoms with Crippen LogP contribution in [0, 0.1) is 0 Å². The maximum atomic E-state index is 11.8. The zero-order valence-electron chi connectivity index (χ0n) is 9.82. The predicted molar refractivity (Wildman–Crippen MR) is 55.7 cm³/mol. The molecule has 2 rings (SSSR count). The standard InChI is InChI=1S/C11H19NO3/c1-7-5-8-9(14-8)6-12(7)10(13)15-11(2,3)4/h7-9H,5-6H2,1-4H3. The van der Waals surface area contributed by atoms with E-state index < -0.39 is 5.60 Å². The van der Waals surface area contributed by atoms with Crippen molar-refractivity contribution in [3.05, 3.63) is 0 Å². The molecule has 0 spiro atoms. The highest BCUT2D eigenvalue weighted by Gasteiger charge is 2.48. The third kappa shape index (κ3) is 2.43. The summed E-state index contributed by atoms with van der Waals surface area (Å²) in [7, 11) is 0. The highest BCUT2D eigenvalue weighted by Crippen LogP contribution is 2.34.